The van der Waals surface area contributed by atoms with Crippen LogP contribution in [-0.2, 0) is 9.53 Å². The molecule has 1 atom stereocenters. The summed E-state index contributed by atoms with van der Waals surface area (Å²) < 4.78 is 5.26. The summed E-state index contributed by atoms with van der Waals surface area (Å²) in [5.74, 6) is -0.905. The highest BCUT2D eigenvalue weighted by molar-refractivity contribution is 6.35. The number of hydrogen-bond donors (Lipinski definition) is 3. The van der Waals surface area contributed by atoms with Crippen LogP contribution in [-0.4, -0.2) is 34.5 Å². The molecule has 144 valence electrons. The molecule has 9 heteroatoms. The lowest BCUT2D eigenvalue weighted by Crippen LogP contribution is -2.42. The zero-order chi connectivity index (χ0) is 20.4. The van der Waals surface area contributed by atoms with Crippen LogP contribution in [0.4, 0.5) is 5.82 Å². The summed E-state index contributed by atoms with van der Waals surface area (Å²) in [5, 5.41) is 4.15. The van der Waals surface area contributed by atoms with E-state index in [9.17, 15) is 9.59 Å². The van der Waals surface area contributed by atoms with E-state index in [0.29, 0.717) is 21.4 Å². The molecule has 1 heterocycles. The van der Waals surface area contributed by atoms with Gasteiger partial charge in [0.25, 0.3) is 5.91 Å². The van der Waals surface area contributed by atoms with E-state index < -0.39 is 23.5 Å². The molecule has 5 N–H and O–H groups in total. The number of carbonyl (C=O) groups is 2. The zero-order valence-electron chi connectivity index (χ0n) is 15.5. The minimum atomic E-state index is -0.818. The number of carbonyl (C=O) groups excluding carboxylic acids is 2. The largest absolute Gasteiger partial charge is 0.458 e. The number of nitrogens with one attached hydrogen (secondary N) is 1. The zero-order valence-corrected chi connectivity index (χ0v) is 16.3. The van der Waals surface area contributed by atoms with Gasteiger partial charge in [-0.05, 0) is 39.8 Å². The third-order valence-electron chi connectivity index (χ3n) is 3.42. The van der Waals surface area contributed by atoms with Crippen LogP contribution in [0.3, 0.4) is 0 Å². The molecule has 2 aromatic rings. The Labute approximate surface area is 161 Å². The number of fused-ring (bicyclic) bond motifs is 1. The number of rotatable bonds is 4. The first kappa shape index (κ1) is 20.4. The van der Waals surface area contributed by atoms with Gasteiger partial charge in [-0.2, -0.15) is 4.99 Å². The normalized spacial score (nSPS) is 12.3. The van der Waals surface area contributed by atoms with Crippen molar-refractivity contribution in [2.75, 3.05) is 0 Å². The Morgan fingerprint density at radius 2 is 1.93 bits per heavy atom. The molecule has 1 amide bonds. The van der Waals surface area contributed by atoms with Crippen molar-refractivity contribution in [1.82, 2.24) is 10.3 Å². The van der Waals surface area contributed by atoms with Gasteiger partial charge in [0.15, 0.2) is 11.8 Å². The van der Waals surface area contributed by atoms with E-state index in [1.165, 1.54) is 6.20 Å². The number of aliphatic imine (C=N–C) groups is 1. The average Bonchev–Trinajstić information content (AvgIpc) is 2.55. The van der Waals surface area contributed by atoms with Gasteiger partial charge < -0.3 is 21.5 Å². The summed E-state index contributed by atoms with van der Waals surface area (Å²) in [6.45, 7) is 6.82. The average molecular weight is 392 g/mol. The van der Waals surface area contributed by atoms with Gasteiger partial charge in [-0.25, -0.2) is 9.78 Å². The topological polar surface area (TPSA) is 133 Å². The van der Waals surface area contributed by atoms with Crippen LogP contribution in [0.15, 0.2) is 29.4 Å². The second-order valence-corrected chi connectivity index (χ2v) is 7.36. The molecule has 0 saturated heterocycles. The highest BCUT2D eigenvalue weighted by atomic mass is 35.5. The SMILES string of the molecule is C[C@H](NC(=O)c1ccc2c(Cl)cnc(N=C(N)N)c2c1)C(=O)OC(C)(C)C. The van der Waals surface area contributed by atoms with Crippen LogP contribution in [0.1, 0.15) is 38.1 Å². The quantitative estimate of drug-likeness (QED) is 0.416. The molecule has 27 heavy (non-hydrogen) atoms. The molecule has 0 bridgehead atoms. The van der Waals surface area contributed by atoms with Gasteiger partial charge in [0.05, 0.1) is 5.02 Å². The van der Waals surface area contributed by atoms with Crippen molar-refractivity contribution in [2.45, 2.75) is 39.3 Å². The molecule has 0 aliphatic heterocycles. The lowest BCUT2D eigenvalue weighted by atomic mass is 10.1. The molecular formula is C18H22ClN5O3. The van der Waals surface area contributed by atoms with Crippen molar-refractivity contribution < 1.29 is 14.3 Å². The number of esters is 1. The van der Waals surface area contributed by atoms with Gasteiger partial charge >= 0.3 is 5.97 Å². The molecule has 1 aromatic carbocycles. The van der Waals surface area contributed by atoms with Gasteiger partial charge in [0.1, 0.15) is 11.6 Å². The Morgan fingerprint density at radius 1 is 1.26 bits per heavy atom. The second kappa shape index (κ2) is 7.79. The fourth-order valence-electron chi connectivity index (χ4n) is 2.28. The number of ether oxygens (including phenoxy) is 1. The van der Waals surface area contributed by atoms with Crippen LogP contribution in [0, 0.1) is 0 Å². The summed E-state index contributed by atoms with van der Waals surface area (Å²) in [4.78, 5) is 32.6. The van der Waals surface area contributed by atoms with Crippen molar-refractivity contribution >= 4 is 46.0 Å². The minimum absolute atomic E-state index is 0.167. The predicted octanol–water partition coefficient (Wildman–Crippen LogP) is 2.25. The summed E-state index contributed by atoms with van der Waals surface area (Å²) in [7, 11) is 0. The summed E-state index contributed by atoms with van der Waals surface area (Å²) >= 11 is 6.15. The monoisotopic (exact) mass is 391 g/mol. The van der Waals surface area contributed by atoms with Crippen molar-refractivity contribution in [2.24, 2.45) is 16.5 Å². The number of aromatic nitrogens is 1. The summed E-state index contributed by atoms with van der Waals surface area (Å²) in [6.07, 6.45) is 1.43. The number of nitrogens with zero attached hydrogens (tertiary/aromatic N) is 2. The van der Waals surface area contributed by atoms with Gasteiger partial charge in [-0.1, -0.05) is 17.7 Å². The molecule has 0 aliphatic carbocycles. The molecule has 0 radical (unpaired) electrons. The Balaban J connectivity index is 2.32. The molecule has 0 unspecified atom stereocenters. The van der Waals surface area contributed by atoms with Crippen molar-refractivity contribution in [3.63, 3.8) is 0 Å². The molecule has 8 nitrogen and oxygen atoms in total. The number of benzene rings is 1. The Morgan fingerprint density at radius 3 is 2.52 bits per heavy atom. The van der Waals surface area contributed by atoms with Crippen LogP contribution in [0.25, 0.3) is 10.8 Å². The van der Waals surface area contributed by atoms with E-state index in [1.54, 1.807) is 45.9 Å². The van der Waals surface area contributed by atoms with Crippen molar-refractivity contribution in [1.29, 1.82) is 0 Å². The summed E-state index contributed by atoms with van der Waals surface area (Å²) in [6, 6.07) is 4.00. The van der Waals surface area contributed by atoms with E-state index in [4.69, 9.17) is 27.8 Å². The van der Waals surface area contributed by atoms with E-state index in [-0.39, 0.29) is 11.8 Å². The molecule has 2 rings (SSSR count). The van der Waals surface area contributed by atoms with E-state index in [2.05, 4.69) is 15.3 Å². The van der Waals surface area contributed by atoms with Gasteiger partial charge in [0, 0.05) is 22.5 Å². The maximum Gasteiger partial charge on any atom is 0.328 e. The first-order chi connectivity index (χ1) is 12.5. The van der Waals surface area contributed by atoms with Crippen LogP contribution >= 0.6 is 11.6 Å². The standard InChI is InChI=1S/C18H22ClN5O3/c1-9(16(26)27-18(2,3)4)23-15(25)10-5-6-11-12(7-10)14(24-17(20)21)22-8-13(11)19/h5-9H,1-4H3,(H,23,25)(H4,20,21,22,24)/t9-/m0/s1. The van der Waals surface area contributed by atoms with Crippen LogP contribution in [0.2, 0.25) is 5.02 Å². The Bertz CT molecular complexity index is 917. The first-order valence-corrected chi connectivity index (χ1v) is 8.57. The second-order valence-electron chi connectivity index (χ2n) is 6.96. The fraction of sp³-hybridized carbons (Fsp3) is 0.333. The smallest absolute Gasteiger partial charge is 0.328 e. The maximum absolute atomic E-state index is 12.5. The van der Waals surface area contributed by atoms with Crippen LogP contribution in [0.5, 0.6) is 0 Å². The lowest BCUT2D eigenvalue weighted by Gasteiger charge is -2.22. The number of pyridine rings is 1. The lowest BCUT2D eigenvalue weighted by molar-refractivity contribution is -0.156. The van der Waals surface area contributed by atoms with Gasteiger partial charge in [-0.3, -0.25) is 4.79 Å². The van der Waals surface area contributed by atoms with Crippen LogP contribution < -0.4 is 16.8 Å². The highest BCUT2D eigenvalue weighted by Crippen LogP contribution is 2.30. The van der Waals surface area contributed by atoms with E-state index in [1.807, 2.05) is 0 Å². The Kier molecular flexibility index (Phi) is 5.90. The number of guanidine groups is 1. The number of halogens is 1. The fourth-order valence-corrected chi connectivity index (χ4v) is 2.49. The highest BCUT2D eigenvalue weighted by Gasteiger charge is 2.23. The number of nitrogens with two attached hydrogens (primary N) is 2. The molecule has 0 saturated carbocycles. The summed E-state index contributed by atoms with van der Waals surface area (Å²) in [5.41, 5.74) is 10.5. The number of amides is 1. The molecule has 0 aliphatic rings. The van der Waals surface area contributed by atoms with Gasteiger partial charge in [-0.15, -0.1) is 0 Å². The molecular weight excluding hydrogens is 370 g/mol. The predicted molar refractivity (Wildman–Crippen MR) is 105 cm³/mol. The first-order valence-electron chi connectivity index (χ1n) is 8.19. The van der Waals surface area contributed by atoms with Crippen molar-refractivity contribution in [3.8, 4) is 0 Å². The van der Waals surface area contributed by atoms with E-state index in [0.717, 1.165) is 0 Å². The van der Waals surface area contributed by atoms with Gasteiger partial charge in [0.2, 0.25) is 0 Å². The maximum atomic E-state index is 12.5. The third kappa shape index (κ3) is 5.30. The Hall–Kier alpha value is -2.87. The minimum Gasteiger partial charge on any atom is -0.458 e. The molecule has 1 aromatic heterocycles. The third-order valence-corrected chi connectivity index (χ3v) is 3.72. The number of hydrogen-bond acceptors (Lipinski definition) is 5. The molecule has 0 fully saturated rings. The van der Waals surface area contributed by atoms with E-state index >= 15 is 0 Å². The van der Waals surface area contributed by atoms with Crippen molar-refractivity contribution in [3.05, 3.63) is 35.0 Å². The molecule has 0 spiro atoms.